The maximum Gasteiger partial charge on any atom is 0.325 e. The number of hydrogen-bond donors (Lipinski definition) is 2. The molecule has 2 atom stereocenters. The van der Waals surface area contributed by atoms with E-state index in [2.05, 4.69) is 4.74 Å². The number of rotatable bonds is 2. The van der Waals surface area contributed by atoms with Crippen LogP contribution in [0.15, 0.2) is 0 Å². The third-order valence-electron chi connectivity index (χ3n) is 0.993. The van der Waals surface area contributed by atoms with E-state index in [4.69, 9.17) is 10.8 Å². The zero-order chi connectivity index (χ0) is 7.44. The van der Waals surface area contributed by atoms with Crippen LogP contribution in [0.1, 0.15) is 6.92 Å². The number of aliphatic hydroxyl groups is 1. The fourth-order valence-corrected chi connectivity index (χ4v) is 0.333. The van der Waals surface area contributed by atoms with Crippen molar-refractivity contribution in [2.75, 3.05) is 7.11 Å². The first-order valence-electron chi connectivity index (χ1n) is 2.61. The molecule has 62 valence electrons. The Kier molecular flexibility index (Phi) is 6.76. The van der Waals surface area contributed by atoms with Crippen LogP contribution in [0, 0.1) is 0 Å². The summed E-state index contributed by atoms with van der Waals surface area (Å²) in [6.45, 7) is 1.43. The summed E-state index contributed by atoms with van der Waals surface area (Å²) in [6, 6.07) is -0.921. The predicted octanol–water partition coefficient (Wildman–Crippen LogP) is -0.711. The third kappa shape index (κ3) is 3.66. The van der Waals surface area contributed by atoms with Gasteiger partial charge in [0.15, 0.2) is 0 Å². The first-order chi connectivity index (χ1) is 4.09. The fourth-order valence-electron chi connectivity index (χ4n) is 0.333. The molecular weight excluding hydrogens is 158 g/mol. The Morgan fingerprint density at radius 1 is 1.70 bits per heavy atom. The highest BCUT2D eigenvalue weighted by atomic mass is 35.5. The van der Waals surface area contributed by atoms with Crippen LogP contribution in [0.2, 0.25) is 0 Å². The van der Waals surface area contributed by atoms with Crippen LogP contribution in [-0.4, -0.2) is 30.3 Å². The zero-order valence-corrected chi connectivity index (χ0v) is 6.72. The molecule has 0 aliphatic heterocycles. The summed E-state index contributed by atoms with van der Waals surface area (Å²) in [4.78, 5) is 10.4. The molecule has 0 aliphatic rings. The summed E-state index contributed by atoms with van der Waals surface area (Å²) in [5.41, 5.74) is 5.15. The van der Waals surface area contributed by atoms with Crippen molar-refractivity contribution in [2.24, 2.45) is 5.73 Å². The lowest BCUT2D eigenvalue weighted by Crippen LogP contribution is -2.40. The number of carbonyl (C=O) groups excluding carboxylic acids is 1. The van der Waals surface area contributed by atoms with Crippen molar-refractivity contribution >= 4 is 18.4 Å². The summed E-state index contributed by atoms with van der Waals surface area (Å²) < 4.78 is 4.25. The Balaban J connectivity index is 0. The minimum atomic E-state index is -0.921. The van der Waals surface area contributed by atoms with Gasteiger partial charge in [-0.15, -0.1) is 12.4 Å². The topological polar surface area (TPSA) is 72.5 Å². The van der Waals surface area contributed by atoms with Gasteiger partial charge < -0.3 is 15.6 Å². The number of hydrogen-bond acceptors (Lipinski definition) is 4. The number of ether oxygens (including phenoxy) is 1. The Morgan fingerprint density at radius 3 is 2.20 bits per heavy atom. The van der Waals surface area contributed by atoms with Gasteiger partial charge in [-0.25, -0.2) is 0 Å². The smallest absolute Gasteiger partial charge is 0.325 e. The van der Waals surface area contributed by atoms with Gasteiger partial charge in [-0.1, -0.05) is 0 Å². The average Bonchev–Trinajstić information content (AvgIpc) is 1.84. The van der Waals surface area contributed by atoms with Gasteiger partial charge in [0.1, 0.15) is 6.04 Å². The molecular formula is C5H12ClNO3. The second-order valence-electron chi connectivity index (χ2n) is 1.79. The third-order valence-corrected chi connectivity index (χ3v) is 0.993. The largest absolute Gasteiger partial charge is 0.468 e. The Labute approximate surface area is 65.8 Å². The monoisotopic (exact) mass is 169 g/mol. The standard InChI is InChI=1S/C5H11NO3.ClH/c1-3(7)4(6)5(8)9-2;/h3-4,7H,6H2,1-2H3;1H/t3-,4+;/m1./s1. The van der Waals surface area contributed by atoms with Crippen molar-refractivity contribution in [2.45, 2.75) is 19.1 Å². The van der Waals surface area contributed by atoms with Crippen LogP contribution >= 0.6 is 12.4 Å². The first kappa shape index (κ1) is 12.4. The molecule has 0 radical (unpaired) electrons. The molecule has 0 aromatic carbocycles. The lowest BCUT2D eigenvalue weighted by atomic mass is 10.2. The molecule has 5 heteroatoms. The molecule has 0 bridgehead atoms. The van der Waals surface area contributed by atoms with Crippen molar-refractivity contribution in [3.05, 3.63) is 0 Å². The number of halogens is 1. The molecule has 0 saturated heterocycles. The van der Waals surface area contributed by atoms with E-state index < -0.39 is 18.1 Å². The van der Waals surface area contributed by atoms with Gasteiger partial charge in [0.05, 0.1) is 13.2 Å². The van der Waals surface area contributed by atoms with Gasteiger partial charge >= 0.3 is 5.97 Å². The molecule has 0 amide bonds. The van der Waals surface area contributed by atoms with Crippen molar-refractivity contribution < 1.29 is 14.6 Å². The maximum atomic E-state index is 10.4. The highest BCUT2D eigenvalue weighted by Crippen LogP contribution is 1.89. The van der Waals surface area contributed by atoms with Crippen LogP contribution in [0.4, 0.5) is 0 Å². The molecule has 10 heavy (non-hydrogen) atoms. The predicted molar refractivity (Wildman–Crippen MR) is 38.9 cm³/mol. The van der Waals surface area contributed by atoms with Crippen molar-refractivity contribution in [1.29, 1.82) is 0 Å². The van der Waals surface area contributed by atoms with Gasteiger partial charge in [-0.2, -0.15) is 0 Å². The van der Waals surface area contributed by atoms with E-state index in [1.165, 1.54) is 14.0 Å². The van der Waals surface area contributed by atoms with Crippen molar-refractivity contribution in [3.8, 4) is 0 Å². The fraction of sp³-hybridized carbons (Fsp3) is 0.800. The van der Waals surface area contributed by atoms with Crippen LogP contribution in [-0.2, 0) is 9.53 Å². The Bertz CT molecular complexity index is 107. The molecule has 0 aliphatic carbocycles. The summed E-state index contributed by atoms with van der Waals surface area (Å²) >= 11 is 0. The van der Waals surface area contributed by atoms with E-state index in [1.54, 1.807) is 0 Å². The highest BCUT2D eigenvalue weighted by Gasteiger charge is 2.18. The molecule has 0 unspecified atom stereocenters. The summed E-state index contributed by atoms with van der Waals surface area (Å²) in [6.07, 6.45) is -0.850. The molecule has 0 fully saturated rings. The van der Waals surface area contributed by atoms with Gasteiger partial charge in [0.2, 0.25) is 0 Å². The SMILES string of the molecule is COC(=O)[C@@H](N)[C@@H](C)O.Cl. The molecule has 0 spiro atoms. The second-order valence-corrected chi connectivity index (χ2v) is 1.79. The van der Waals surface area contributed by atoms with Gasteiger partial charge in [-0.05, 0) is 6.92 Å². The van der Waals surface area contributed by atoms with Crippen LogP contribution in [0.3, 0.4) is 0 Å². The van der Waals surface area contributed by atoms with E-state index in [9.17, 15) is 4.79 Å². The van der Waals surface area contributed by atoms with Crippen molar-refractivity contribution in [1.82, 2.24) is 0 Å². The van der Waals surface area contributed by atoms with E-state index in [0.29, 0.717) is 0 Å². The zero-order valence-electron chi connectivity index (χ0n) is 5.90. The Hall–Kier alpha value is -0.320. The van der Waals surface area contributed by atoms with E-state index in [0.717, 1.165) is 0 Å². The van der Waals surface area contributed by atoms with Crippen LogP contribution in [0.5, 0.6) is 0 Å². The quantitative estimate of drug-likeness (QED) is 0.536. The summed E-state index contributed by atoms with van der Waals surface area (Å²) in [5, 5.41) is 8.70. The highest BCUT2D eigenvalue weighted by molar-refractivity contribution is 5.85. The van der Waals surface area contributed by atoms with Crippen LogP contribution in [0.25, 0.3) is 0 Å². The molecule has 0 heterocycles. The average molecular weight is 170 g/mol. The summed E-state index contributed by atoms with van der Waals surface area (Å²) in [7, 11) is 1.23. The minimum Gasteiger partial charge on any atom is -0.468 e. The maximum absolute atomic E-state index is 10.4. The Morgan fingerprint density at radius 2 is 2.10 bits per heavy atom. The van der Waals surface area contributed by atoms with Gasteiger partial charge in [0, 0.05) is 0 Å². The lowest BCUT2D eigenvalue weighted by molar-refractivity contribution is -0.144. The summed E-state index contributed by atoms with van der Waals surface area (Å²) in [5.74, 6) is -0.593. The van der Waals surface area contributed by atoms with Crippen molar-refractivity contribution in [3.63, 3.8) is 0 Å². The molecule has 0 rings (SSSR count). The van der Waals surface area contributed by atoms with Crippen LogP contribution < -0.4 is 5.73 Å². The van der Waals surface area contributed by atoms with Gasteiger partial charge in [-0.3, -0.25) is 4.79 Å². The number of carbonyl (C=O) groups is 1. The number of methoxy groups -OCH3 is 1. The van der Waals surface area contributed by atoms with E-state index >= 15 is 0 Å². The normalized spacial score (nSPS) is 14.8. The van der Waals surface area contributed by atoms with E-state index in [-0.39, 0.29) is 12.4 Å². The second kappa shape index (κ2) is 5.46. The molecule has 0 aromatic heterocycles. The van der Waals surface area contributed by atoms with E-state index in [1.807, 2.05) is 0 Å². The van der Waals surface area contributed by atoms with Gasteiger partial charge in [0.25, 0.3) is 0 Å². The molecule has 3 N–H and O–H groups in total. The molecule has 4 nitrogen and oxygen atoms in total. The minimum absolute atomic E-state index is 0. The lowest BCUT2D eigenvalue weighted by Gasteiger charge is -2.10. The molecule has 0 saturated carbocycles. The first-order valence-corrected chi connectivity index (χ1v) is 2.61. The number of nitrogens with two attached hydrogens (primary N) is 1. The molecule has 0 aromatic rings. The number of aliphatic hydroxyl groups excluding tert-OH is 1. The number of esters is 1.